The standard InChI is InChI=1S/C22H24N2/c1-16-14-20-11-10-19(15-22(20)23-17(16)2)21(12-13-24(3)4)18-8-6-5-7-9-18/h5-12,14-15,23H,2,13H2,1,3-4H3/b21-12+. The largest absolute Gasteiger partial charge is 0.355 e. The van der Waals surface area contributed by atoms with E-state index in [1.807, 2.05) is 0 Å². The molecule has 0 bridgehead atoms. The summed E-state index contributed by atoms with van der Waals surface area (Å²) in [6.45, 7) is 7.07. The van der Waals surface area contributed by atoms with E-state index in [-0.39, 0.29) is 0 Å². The van der Waals surface area contributed by atoms with Gasteiger partial charge in [-0.1, -0.05) is 55.1 Å². The number of benzene rings is 2. The monoisotopic (exact) mass is 316 g/mol. The van der Waals surface area contributed by atoms with Crippen molar-refractivity contribution < 1.29 is 0 Å². The molecular formula is C22H24N2. The van der Waals surface area contributed by atoms with Gasteiger partial charge in [-0.05, 0) is 61.0 Å². The number of nitrogens with zero attached hydrogens (tertiary/aromatic N) is 1. The summed E-state index contributed by atoms with van der Waals surface area (Å²) in [7, 11) is 4.18. The van der Waals surface area contributed by atoms with Gasteiger partial charge in [-0.3, -0.25) is 0 Å². The molecule has 1 heterocycles. The van der Waals surface area contributed by atoms with Crippen LogP contribution in [-0.4, -0.2) is 25.5 Å². The molecule has 0 atom stereocenters. The first kappa shape index (κ1) is 16.3. The van der Waals surface area contributed by atoms with Gasteiger partial charge in [0.25, 0.3) is 0 Å². The van der Waals surface area contributed by atoms with Crippen LogP contribution in [-0.2, 0) is 0 Å². The Morgan fingerprint density at radius 1 is 1.08 bits per heavy atom. The molecule has 0 aromatic heterocycles. The highest BCUT2D eigenvalue weighted by Crippen LogP contribution is 2.32. The highest BCUT2D eigenvalue weighted by molar-refractivity contribution is 5.85. The van der Waals surface area contributed by atoms with E-state index in [0.29, 0.717) is 0 Å². The van der Waals surface area contributed by atoms with Gasteiger partial charge in [0.15, 0.2) is 0 Å². The molecule has 3 rings (SSSR count). The molecule has 0 amide bonds. The van der Waals surface area contributed by atoms with Gasteiger partial charge in [0.05, 0.1) is 0 Å². The Hall–Kier alpha value is -2.58. The molecule has 0 saturated carbocycles. The molecule has 122 valence electrons. The van der Waals surface area contributed by atoms with Gasteiger partial charge in [-0.2, -0.15) is 0 Å². The Labute approximate surface area is 144 Å². The molecule has 1 aliphatic heterocycles. The van der Waals surface area contributed by atoms with Gasteiger partial charge in [0.2, 0.25) is 0 Å². The van der Waals surface area contributed by atoms with Crippen LogP contribution in [0.5, 0.6) is 0 Å². The molecule has 2 heteroatoms. The van der Waals surface area contributed by atoms with Crippen molar-refractivity contribution in [3.63, 3.8) is 0 Å². The van der Waals surface area contributed by atoms with Gasteiger partial charge in [-0.25, -0.2) is 0 Å². The first-order valence-corrected chi connectivity index (χ1v) is 8.24. The lowest BCUT2D eigenvalue weighted by Gasteiger charge is -2.20. The summed E-state index contributed by atoms with van der Waals surface area (Å²) >= 11 is 0. The highest BCUT2D eigenvalue weighted by atomic mass is 15.0. The van der Waals surface area contributed by atoms with Crippen LogP contribution in [0.3, 0.4) is 0 Å². The first-order valence-electron chi connectivity index (χ1n) is 8.24. The topological polar surface area (TPSA) is 15.3 Å². The fourth-order valence-corrected chi connectivity index (χ4v) is 2.83. The molecule has 0 fully saturated rings. The Kier molecular flexibility index (Phi) is 4.68. The average molecular weight is 316 g/mol. The lowest BCUT2D eigenvalue weighted by atomic mass is 9.94. The van der Waals surface area contributed by atoms with Gasteiger partial charge < -0.3 is 10.2 Å². The Morgan fingerprint density at radius 2 is 1.83 bits per heavy atom. The zero-order valence-corrected chi connectivity index (χ0v) is 14.6. The summed E-state index contributed by atoms with van der Waals surface area (Å²) in [6.07, 6.45) is 4.47. The second-order valence-corrected chi connectivity index (χ2v) is 6.48. The van der Waals surface area contributed by atoms with Crippen LogP contribution in [0.2, 0.25) is 0 Å². The lowest BCUT2D eigenvalue weighted by molar-refractivity contribution is 0.457. The zero-order valence-electron chi connectivity index (χ0n) is 14.6. The number of hydrogen-bond donors (Lipinski definition) is 1. The van der Waals surface area contributed by atoms with E-state index in [2.05, 4.69) is 98.5 Å². The van der Waals surface area contributed by atoms with Crippen LogP contribution in [0.1, 0.15) is 23.6 Å². The summed E-state index contributed by atoms with van der Waals surface area (Å²) in [5.74, 6) is 0. The summed E-state index contributed by atoms with van der Waals surface area (Å²) in [4.78, 5) is 2.17. The van der Waals surface area contributed by atoms with Gasteiger partial charge in [0.1, 0.15) is 0 Å². The van der Waals surface area contributed by atoms with E-state index in [1.165, 1.54) is 27.8 Å². The third-order valence-corrected chi connectivity index (χ3v) is 4.24. The van der Waals surface area contributed by atoms with E-state index in [9.17, 15) is 0 Å². The van der Waals surface area contributed by atoms with Crippen molar-refractivity contribution in [3.05, 3.63) is 89.1 Å². The van der Waals surface area contributed by atoms with Crippen molar-refractivity contribution in [1.29, 1.82) is 0 Å². The maximum atomic E-state index is 4.09. The van der Waals surface area contributed by atoms with E-state index >= 15 is 0 Å². The van der Waals surface area contributed by atoms with Crippen molar-refractivity contribution in [2.45, 2.75) is 6.92 Å². The predicted octanol–water partition coefficient (Wildman–Crippen LogP) is 5.02. The third kappa shape index (κ3) is 3.50. The second-order valence-electron chi connectivity index (χ2n) is 6.48. The van der Waals surface area contributed by atoms with Crippen LogP contribution in [0.4, 0.5) is 5.69 Å². The second kappa shape index (κ2) is 6.90. The van der Waals surface area contributed by atoms with E-state index in [0.717, 1.165) is 17.9 Å². The number of hydrogen-bond acceptors (Lipinski definition) is 2. The minimum Gasteiger partial charge on any atom is -0.355 e. The molecule has 2 aromatic rings. The van der Waals surface area contributed by atoms with Crippen LogP contribution < -0.4 is 5.32 Å². The molecule has 0 aliphatic carbocycles. The van der Waals surface area contributed by atoms with Gasteiger partial charge >= 0.3 is 0 Å². The minimum atomic E-state index is 0.903. The van der Waals surface area contributed by atoms with Crippen LogP contribution in [0.25, 0.3) is 11.6 Å². The SMILES string of the molecule is C=C1Nc2cc(/C(=C/CN(C)C)c3ccccc3)ccc2C=C1C. The Bertz CT molecular complexity index is 811. The summed E-state index contributed by atoms with van der Waals surface area (Å²) in [6, 6.07) is 17.2. The van der Waals surface area contributed by atoms with Crippen molar-refractivity contribution in [1.82, 2.24) is 4.90 Å². The number of allylic oxidation sites excluding steroid dienone is 1. The van der Waals surface area contributed by atoms with Crippen LogP contribution >= 0.6 is 0 Å². The molecule has 0 radical (unpaired) electrons. The first-order chi connectivity index (χ1) is 11.5. The Balaban J connectivity index is 2.05. The van der Waals surface area contributed by atoms with Crippen LogP contribution in [0.15, 0.2) is 72.5 Å². The zero-order chi connectivity index (χ0) is 17.1. The quantitative estimate of drug-likeness (QED) is 0.852. The number of rotatable bonds is 4. The smallest absolute Gasteiger partial charge is 0.0464 e. The number of anilines is 1. The van der Waals surface area contributed by atoms with E-state index in [1.54, 1.807) is 0 Å². The number of nitrogens with one attached hydrogen (secondary N) is 1. The molecule has 2 nitrogen and oxygen atoms in total. The van der Waals surface area contributed by atoms with Crippen molar-refractivity contribution >= 4 is 17.3 Å². The number of fused-ring (bicyclic) bond motifs is 1. The Morgan fingerprint density at radius 3 is 2.54 bits per heavy atom. The summed E-state index contributed by atoms with van der Waals surface area (Å²) in [5, 5.41) is 3.42. The molecular weight excluding hydrogens is 292 g/mol. The molecule has 0 saturated heterocycles. The third-order valence-electron chi connectivity index (χ3n) is 4.24. The highest BCUT2D eigenvalue weighted by Gasteiger charge is 2.13. The van der Waals surface area contributed by atoms with E-state index < -0.39 is 0 Å². The fourth-order valence-electron chi connectivity index (χ4n) is 2.83. The maximum absolute atomic E-state index is 4.09. The van der Waals surface area contributed by atoms with E-state index in [4.69, 9.17) is 0 Å². The normalized spacial score (nSPS) is 14.2. The van der Waals surface area contributed by atoms with Crippen molar-refractivity contribution in [3.8, 4) is 0 Å². The lowest BCUT2D eigenvalue weighted by Crippen LogP contribution is -2.11. The molecule has 0 unspecified atom stereocenters. The fraction of sp³-hybridized carbons (Fsp3) is 0.182. The number of likely N-dealkylation sites (N-methyl/N-ethyl adjacent to an activating group) is 1. The minimum absolute atomic E-state index is 0.903. The van der Waals surface area contributed by atoms with Gasteiger partial charge in [0, 0.05) is 17.9 Å². The van der Waals surface area contributed by atoms with Crippen molar-refractivity contribution in [2.24, 2.45) is 0 Å². The summed E-state index contributed by atoms with van der Waals surface area (Å²) < 4.78 is 0. The molecule has 1 aliphatic rings. The maximum Gasteiger partial charge on any atom is 0.0464 e. The molecule has 1 N–H and O–H groups in total. The van der Waals surface area contributed by atoms with Crippen molar-refractivity contribution in [2.75, 3.05) is 26.0 Å². The summed E-state index contributed by atoms with van der Waals surface area (Å²) in [5.41, 5.74) is 8.19. The molecule has 2 aromatic carbocycles. The average Bonchev–Trinajstić information content (AvgIpc) is 2.57. The van der Waals surface area contributed by atoms with Crippen LogP contribution in [0, 0.1) is 0 Å². The molecule has 0 spiro atoms. The molecule has 24 heavy (non-hydrogen) atoms. The predicted molar refractivity (Wildman–Crippen MR) is 105 cm³/mol. The van der Waals surface area contributed by atoms with Gasteiger partial charge in [-0.15, -0.1) is 0 Å².